The average Bonchev–Trinajstić information content (AvgIpc) is 3.22. The molecule has 0 spiro atoms. The van der Waals surface area contributed by atoms with Crippen LogP contribution in [0.1, 0.15) is 6.42 Å². The molecule has 1 fully saturated rings. The predicted molar refractivity (Wildman–Crippen MR) is 94.5 cm³/mol. The van der Waals surface area contributed by atoms with Crippen molar-refractivity contribution < 1.29 is 8.42 Å². The second-order valence-electron chi connectivity index (χ2n) is 6.06. The van der Waals surface area contributed by atoms with Crippen molar-refractivity contribution in [2.75, 3.05) is 23.7 Å². The molecule has 3 aromatic heterocycles. The number of nitrogens with zero attached hydrogens (tertiary/aromatic N) is 4. The van der Waals surface area contributed by atoms with Gasteiger partial charge in [-0.1, -0.05) is 0 Å². The van der Waals surface area contributed by atoms with Gasteiger partial charge in [0.05, 0.1) is 17.8 Å². The van der Waals surface area contributed by atoms with Crippen LogP contribution < -0.4 is 9.62 Å². The molecule has 0 bridgehead atoms. The Labute approximate surface area is 144 Å². The quantitative estimate of drug-likeness (QED) is 0.724. The van der Waals surface area contributed by atoms with Crippen LogP contribution in [0.25, 0.3) is 21.9 Å². The summed E-state index contributed by atoms with van der Waals surface area (Å²) in [4.78, 5) is 13.9. The van der Waals surface area contributed by atoms with E-state index < -0.39 is 15.8 Å². The zero-order valence-corrected chi connectivity index (χ0v) is 14.1. The Bertz CT molecular complexity index is 1080. The fourth-order valence-corrected chi connectivity index (χ4v) is 4.31. The Balaban J connectivity index is 1.67. The van der Waals surface area contributed by atoms with Gasteiger partial charge in [0.2, 0.25) is 10.0 Å². The number of hydrogen-bond acceptors (Lipinski definition) is 6. The number of H-pyrrole nitrogens is 1. The lowest BCUT2D eigenvalue weighted by Crippen LogP contribution is -2.38. The molecule has 1 unspecified atom stereocenters. The molecule has 3 aromatic rings. The predicted octanol–water partition coefficient (Wildman–Crippen LogP) is 1.13. The van der Waals surface area contributed by atoms with Gasteiger partial charge < -0.3 is 9.88 Å². The molecule has 1 saturated heterocycles. The minimum absolute atomic E-state index is 0.201. The molecule has 0 aromatic carbocycles. The van der Waals surface area contributed by atoms with Gasteiger partial charge >= 0.3 is 0 Å². The summed E-state index contributed by atoms with van der Waals surface area (Å²) in [5.41, 5.74) is 2.63. The Hall–Kier alpha value is -2.70. The van der Waals surface area contributed by atoms with Gasteiger partial charge in [-0.05, 0) is 18.6 Å². The van der Waals surface area contributed by atoms with Gasteiger partial charge in [-0.2, -0.15) is 5.26 Å². The Kier molecular flexibility index (Phi) is 3.78. The first-order chi connectivity index (χ1) is 12.1. The number of hydrogen-bond donors (Lipinski definition) is 2. The molecule has 9 heteroatoms. The van der Waals surface area contributed by atoms with Crippen molar-refractivity contribution in [1.82, 2.24) is 19.7 Å². The number of aromatic nitrogens is 3. The van der Waals surface area contributed by atoms with Crippen LogP contribution in [0, 0.1) is 11.3 Å². The van der Waals surface area contributed by atoms with E-state index in [1.165, 1.54) is 0 Å². The van der Waals surface area contributed by atoms with Crippen molar-refractivity contribution in [3.05, 3.63) is 30.7 Å². The molecule has 0 aliphatic carbocycles. The van der Waals surface area contributed by atoms with Crippen molar-refractivity contribution in [3.8, 4) is 6.07 Å². The summed E-state index contributed by atoms with van der Waals surface area (Å²) in [6.07, 6.45) is 6.04. The number of rotatable bonds is 4. The van der Waals surface area contributed by atoms with E-state index in [0.717, 1.165) is 28.5 Å². The summed E-state index contributed by atoms with van der Waals surface area (Å²) < 4.78 is 26.2. The molecule has 8 nitrogen and oxygen atoms in total. The molecule has 4 heterocycles. The first kappa shape index (κ1) is 15.8. The van der Waals surface area contributed by atoms with Crippen LogP contribution in [0.4, 0.5) is 5.69 Å². The molecule has 4 rings (SSSR count). The SMILES string of the molecule is N#CCS(=O)(=O)NC1CCN(c2cc[nH]c3cnc4nccc4c23)C1. The number of nitrogens with one attached hydrogen (secondary N) is 2. The molecule has 1 aliphatic heterocycles. The van der Waals surface area contributed by atoms with E-state index >= 15 is 0 Å². The van der Waals surface area contributed by atoms with E-state index in [2.05, 4.69) is 24.6 Å². The monoisotopic (exact) mass is 356 g/mol. The first-order valence-corrected chi connectivity index (χ1v) is 9.55. The van der Waals surface area contributed by atoms with Gasteiger partial charge in [-0.25, -0.2) is 23.1 Å². The number of fused-ring (bicyclic) bond motifs is 3. The van der Waals surface area contributed by atoms with Crippen LogP contribution in [0.2, 0.25) is 0 Å². The van der Waals surface area contributed by atoms with Gasteiger partial charge in [-0.15, -0.1) is 0 Å². The van der Waals surface area contributed by atoms with Crippen LogP contribution >= 0.6 is 0 Å². The summed E-state index contributed by atoms with van der Waals surface area (Å²) in [6.45, 7) is 1.29. The third-order valence-corrected chi connectivity index (χ3v) is 5.60. The molecule has 0 radical (unpaired) electrons. The Morgan fingerprint density at radius 3 is 3.12 bits per heavy atom. The number of sulfonamides is 1. The molecule has 1 atom stereocenters. The maximum atomic E-state index is 11.8. The molecule has 2 N–H and O–H groups in total. The van der Waals surface area contributed by atoms with E-state index in [-0.39, 0.29) is 6.04 Å². The summed E-state index contributed by atoms with van der Waals surface area (Å²) >= 11 is 0. The van der Waals surface area contributed by atoms with E-state index in [4.69, 9.17) is 5.26 Å². The zero-order valence-electron chi connectivity index (χ0n) is 13.3. The van der Waals surface area contributed by atoms with Crippen molar-refractivity contribution in [3.63, 3.8) is 0 Å². The number of pyridine rings is 2. The van der Waals surface area contributed by atoms with E-state index in [1.807, 2.05) is 18.3 Å². The van der Waals surface area contributed by atoms with Crippen LogP contribution in [-0.2, 0) is 10.0 Å². The van der Waals surface area contributed by atoms with Gasteiger partial charge in [-0.3, -0.25) is 0 Å². The highest BCUT2D eigenvalue weighted by Gasteiger charge is 2.27. The molecule has 128 valence electrons. The van der Waals surface area contributed by atoms with Crippen molar-refractivity contribution in [1.29, 1.82) is 5.26 Å². The van der Waals surface area contributed by atoms with Crippen molar-refractivity contribution >= 4 is 37.6 Å². The summed E-state index contributed by atoms with van der Waals surface area (Å²) in [7, 11) is -3.55. The molecule has 25 heavy (non-hydrogen) atoms. The highest BCUT2D eigenvalue weighted by Crippen LogP contribution is 2.32. The maximum absolute atomic E-state index is 11.8. The van der Waals surface area contributed by atoms with Gasteiger partial charge in [0.1, 0.15) is 0 Å². The topological polar surface area (TPSA) is 115 Å². The smallest absolute Gasteiger partial charge is 0.225 e. The zero-order chi connectivity index (χ0) is 17.4. The third kappa shape index (κ3) is 2.90. The summed E-state index contributed by atoms with van der Waals surface area (Å²) in [5, 5.41) is 10.6. The molecule has 0 amide bonds. The van der Waals surface area contributed by atoms with Crippen molar-refractivity contribution in [2.24, 2.45) is 0 Å². The van der Waals surface area contributed by atoms with Gasteiger partial charge in [0.15, 0.2) is 11.4 Å². The summed E-state index contributed by atoms with van der Waals surface area (Å²) in [6, 6.07) is 5.41. The molecule has 0 saturated carbocycles. The normalized spacial score (nSPS) is 18.0. The Morgan fingerprint density at radius 1 is 1.40 bits per heavy atom. The highest BCUT2D eigenvalue weighted by atomic mass is 32.2. The minimum atomic E-state index is -3.55. The second-order valence-corrected chi connectivity index (χ2v) is 7.81. The van der Waals surface area contributed by atoms with E-state index in [0.29, 0.717) is 18.6 Å². The average molecular weight is 356 g/mol. The highest BCUT2D eigenvalue weighted by molar-refractivity contribution is 7.89. The second kappa shape index (κ2) is 5.98. The number of aromatic amines is 1. The maximum Gasteiger partial charge on any atom is 0.225 e. The lowest BCUT2D eigenvalue weighted by atomic mass is 10.1. The first-order valence-electron chi connectivity index (χ1n) is 7.90. The van der Waals surface area contributed by atoms with Gasteiger partial charge in [0, 0.05) is 48.0 Å². The van der Waals surface area contributed by atoms with Crippen molar-refractivity contribution in [2.45, 2.75) is 12.5 Å². The Morgan fingerprint density at radius 2 is 2.28 bits per heavy atom. The van der Waals surface area contributed by atoms with Crippen LogP contribution in [0.5, 0.6) is 0 Å². The van der Waals surface area contributed by atoms with E-state index in [1.54, 1.807) is 18.5 Å². The fourth-order valence-electron chi connectivity index (χ4n) is 3.36. The van der Waals surface area contributed by atoms with Gasteiger partial charge in [0.25, 0.3) is 0 Å². The number of anilines is 1. The van der Waals surface area contributed by atoms with Crippen LogP contribution in [-0.4, -0.2) is 48.3 Å². The molecular weight excluding hydrogens is 340 g/mol. The summed E-state index contributed by atoms with van der Waals surface area (Å²) in [5.74, 6) is -0.516. The minimum Gasteiger partial charge on any atom is -0.369 e. The molecule has 1 aliphatic rings. The molecular formula is C16H16N6O2S. The van der Waals surface area contributed by atoms with Crippen LogP contribution in [0.15, 0.2) is 30.7 Å². The largest absolute Gasteiger partial charge is 0.369 e. The lowest BCUT2D eigenvalue weighted by Gasteiger charge is -2.21. The fraction of sp³-hybridized carbons (Fsp3) is 0.312. The number of nitriles is 1. The standard InChI is InChI=1S/C16H16N6O2S/c17-4-8-25(23,24)21-11-3-7-22(10-11)14-2-6-18-13-9-20-16-12(15(13)14)1-5-19-16/h1-2,5-6,9,11,18,21H,3,7-8,10H2. The van der Waals surface area contributed by atoms with Crippen LogP contribution in [0.3, 0.4) is 0 Å². The lowest BCUT2D eigenvalue weighted by molar-refractivity contribution is 0.565. The van der Waals surface area contributed by atoms with E-state index in [9.17, 15) is 8.42 Å². The third-order valence-electron chi connectivity index (χ3n) is 4.40.